The molecule has 0 atom stereocenters. The quantitative estimate of drug-likeness (QED) is 0.185. The SMILES string of the molecule is N#Cc1ccc2c(c1)C1(c3cc(-c4cccc(-c5nc(-c6ccccc6)nc(-c6ccccc6)n5)c4)ccc3S2)c2ccccc2-c2ccccc21. The van der Waals surface area contributed by atoms with Crippen molar-refractivity contribution < 1.29 is 0 Å². The van der Waals surface area contributed by atoms with E-state index in [-0.39, 0.29) is 0 Å². The summed E-state index contributed by atoms with van der Waals surface area (Å²) < 4.78 is 0. The first kappa shape index (κ1) is 30.2. The highest BCUT2D eigenvalue weighted by molar-refractivity contribution is 7.99. The van der Waals surface area contributed by atoms with E-state index in [2.05, 4.69) is 109 Å². The van der Waals surface area contributed by atoms with Gasteiger partial charge in [-0.3, -0.25) is 0 Å². The number of hydrogen-bond acceptors (Lipinski definition) is 5. The van der Waals surface area contributed by atoms with Gasteiger partial charge in [0.05, 0.1) is 17.0 Å². The van der Waals surface area contributed by atoms with Gasteiger partial charge in [0.1, 0.15) is 0 Å². The number of fused-ring (bicyclic) bond motifs is 9. The maximum atomic E-state index is 10.1. The minimum Gasteiger partial charge on any atom is -0.208 e. The normalized spacial score (nSPS) is 13.1. The van der Waals surface area contributed by atoms with Gasteiger partial charge in [-0.25, -0.2) is 15.0 Å². The van der Waals surface area contributed by atoms with Gasteiger partial charge in [-0.05, 0) is 80.9 Å². The summed E-state index contributed by atoms with van der Waals surface area (Å²) >= 11 is 1.78. The molecule has 0 saturated carbocycles. The Labute approximate surface area is 306 Å². The van der Waals surface area contributed by atoms with E-state index >= 15 is 0 Å². The summed E-state index contributed by atoms with van der Waals surface area (Å²) in [6, 6.07) is 61.5. The predicted molar refractivity (Wildman–Crippen MR) is 208 cm³/mol. The molecule has 0 radical (unpaired) electrons. The standard InChI is InChI=1S/C47H28N4S/c48-29-30-22-24-42-40(26-30)47(38-20-9-7-18-36(38)37-19-8-10-21-39(37)47)41-28-34(23-25-43(41)52-42)33-16-11-17-35(27-33)46-50-44(31-12-3-1-4-13-31)49-45(51-46)32-14-5-2-6-15-32/h1-28H. The van der Waals surface area contributed by atoms with Crippen molar-refractivity contribution in [1.29, 1.82) is 5.26 Å². The lowest BCUT2D eigenvalue weighted by atomic mass is 9.66. The van der Waals surface area contributed by atoms with Crippen LogP contribution in [0.2, 0.25) is 0 Å². The monoisotopic (exact) mass is 680 g/mol. The van der Waals surface area contributed by atoms with Crippen LogP contribution in [-0.2, 0) is 5.41 Å². The van der Waals surface area contributed by atoms with Crippen molar-refractivity contribution in [3.63, 3.8) is 0 Å². The van der Waals surface area contributed by atoms with Gasteiger partial charge < -0.3 is 0 Å². The van der Waals surface area contributed by atoms with E-state index in [9.17, 15) is 5.26 Å². The van der Waals surface area contributed by atoms with E-state index in [1.807, 2.05) is 66.7 Å². The maximum absolute atomic E-state index is 10.1. The van der Waals surface area contributed by atoms with Crippen molar-refractivity contribution in [2.75, 3.05) is 0 Å². The lowest BCUT2D eigenvalue weighted by Crippen LogP contribution is -2.32. The molecule has 0 amide bonds. The molecular formula is C47H28N4S. The van der Waals surface area contributed by atoms with E-state index in [1.54, 1.807) is 11.8 Å². The second-order valence-electron chi connectivity index (χ2n) is 13.1. The molecule has 7 aromatic carbocycles. The van der Waals surface area contributed by atoms with Crippen molar-refractivity contribution >= 4 is 11.8 Å². The van der Waals surface area contributed by atoms with Crippen LogP contribution < -0.4 is 0 Å². The topological polar surface area (TPSA) is 62.5 Å². The third-order valence-electron chi connectivity index (χ3n) is 10.2. The average molecular weight is 681 g/mol. The first-order valence-electron chi connectivity index (χ1n) is 17.2. The molecule has 0 unspecified atom stereocenters. The van der Waals surface area contributed by atoms with Gasteiger partial charge in [-0.15, -0.1) is 0 Å². The van der Waals surface area contributed by atoms with Gasteiger partial charge in [-0.1, -0.05) is 145 Å². The van der Waals surface area contributed by atoms with Crippen LogP contribution >= 0.6 is 11.8 Å². The zero-order valence-corrected chi connectivity index (χ0v) is 28.7. The zero-order valence-electron chi connectivity index (χ0n) is 27.9. The summed E-state index contributed by atoms with van der Waals surface area (Å²) in [4.78, 5) is 17.3. The molecule has 1 aliphatic heterocycles. The molecule has 0 saturated heterocycles. The van der Waals surface area contributed by atoms with Crippen LogP contribution in [0.1, 0.15) is 27.8 Å². The molecule has 52 heavy (non-hydrogen) atoms. The van der Waals surface area contributed by atoms with Crippen LogP contribution in [0.15, 0.2) is 180 Å². The molecule has 1 aliphatic carbocycles. The van der Waals surface area contributed by atoms with Crippen LogP contribution in [0.3, 0.4) is 0 Å². The fraction of sp³-hybridized carbons (Fsp3) is 0.0213. The number of aromatic nitrogens is 3. The fourth-order valence-corrected chi connectivity index (χ4v) is 9.08. The van der Waals surface area contributed by atoms with Crippen molar-refractivity contribution in [1.82, 2.24) is 15.0 Å². The predicted octanol–water partition coefficient (Wildman–Crippen LogP) is 11.2. The summed E-state index contributed by atoms with van der Waals surface area (Å²) in [7, 11) is 0. The third kappa shape index (κ3) is 4.66. The van der Waals surface area contributed by atoms with Gasteiger partial charge in [0.25, 0.3) is 0 Å². The highest BCUT2D eigenvalue weighted by Gasteiger charge is 2.50. The molecular weight excluding hydrogens is 653 g/mol. The van der Waals surface area contributed by atoms with E-state index in [0.29, 0.717) is 23.0 Å². The second kappa shape index (κ2) is 12.0. The molecule has 10 rings (SSSR count). The van der Waals surface area contributed by atoms with Gasteiger partial charge in [0.2, 0.25) is 0 Å². The van der Waals surface area contributed by atoms with Gasteiger partial charge in [-0.2, -0.15) is 5.26 Å². The summed E-state index contributed by atoms with van der Waals surface area (Å²) in [5.74, 6) is 1.89. The lowest BCUT2D eigenvalue weighted by molar-refractivity contribution is 0.722. The second-order valence-corrected chi connectivity index (χ2v) is 14.2. The van der Waals surface area contributed by atoms with Crippen molar-refractivity contribution in [2.24, 2.45) is 0 Å². The summed E-state index contributed by atoms with van der Waals surface area (Å²) in [5, 5.41) is 10.1. The molecule has 242 valence electrons. The highest BCUT2D eigenvalue weighted by atomic mass is 32.2. The van der Waals surface area contributed by atoms with Crippen molar-refractivity contribution in [3.05, 3.63) is 198 Å². The first-order chi connectivity index (χ1) is 25.7. The number of nitriles is 1. The minimum atomic E-state index is -0.576. The van der Waals surface area contributed by atoms with E-state index < -0.39 is 5.41 Å². The molecule has 8 aromatic rings. The van der Waals surface area contributed by atoms with Crippen LogP contribution in [0.5, 0.6) is 0 Å². The lowest BCUT2D eigenvalue weighted by Gasteiger charge is -2.40. The van der Waals surface area contributed by atoms with E-state index in [4.69, 9.17) is 15.0 Å². The molecule has 0 N–H and O–H groups in total. The maximum Gasteiger partial charge on any atom is 0.164 e. The number of nitrogens with zero attached hydrogens (tertiary/aromatic N) is 4. The molecule has 0 fully saturated rings. The van der Waals surface area contributed by atoms with E-state index in [0.717, 1.165) is 33.4 Å². The molecule has 2 aliphatic rings. The van der Waals surface area contributed by atoms with Gasteiger partial charge in [0, 0.05) is 26.5 Å². The Bertz CT molecular complexity index is 2630. The fourth-order valence-electron chi connectivity index (χ4n) is 7.93. The molecule has 0 bridgehead atoms. The minimum absolute atomic E-state index is 0.576. The van der Waals surface area contributed by atoms with Crippen LogP contribution in [0, 0.1) is 11.3 Å². The Morgan fingerprint density at radius 3 is 1.50 bits per heavy atom. The van der Waals surface area contributed by atoms with E-state index in [1.165, 1.54) is 37.6 Å². The highest BCUT2D eigenvalue weighted by Crippen LogP contribution is 2.62. The Morgan fingerprint density at radius 1 is 0.404 bits per heavy atom. The Balaban J connectivity index is 1.17. The number of rotatable bonds is 4. The Kier molecular flexibility index (Phi) is 6.99. The molecule has 5 heteroatoms. The van der Waals surface area contributed by atoms with Crippen LogP contribution in [0.25, 0.3) is 56.4 Å². The summed E-state index contributed by atoms with van der Waals surface area (Å²) in [5.41, 5.74) is 12.4. The van der Waals surface area contributed by atoms with Crippen molar-refractivity contribution in [3.8, 4) is 62.5 Å². The molecule has 1 spiro atoms. The third-order valence-corrected chi connectivity index (χ3v) is 11.4. The summed E-state index contributed by atoms with van der Waals surface area (Å²) in [6.07, 6.45) is 0. The number of hydrogen-bond donors (Lipinski definition) is 0. The Morgan fingerprint density at radius 2 is 0.885 bits per heavy atom. The van der Waals surface area contributed by atoms with Crippen molar-refractivity contribution in [2.45, 2.75) is 15.2 Å². The largest absolute Gasteiger partial charge is 0.208 e. The van der Waals surface area contributed by atoms with Gasteiger partial charge in [0.15, 0.2) is 17.5 Å². The average Bonchev–Trinajstić information content (AvgIpc) is 3.52. The first-order valence-corrected chi connectivity index (χ1v) is 18.1. The van der Waals surface area contributed by atoms with Gasteiger partial charge >= 0.3 is 0 Å². The summed E-state index contributed by atoms with van der Waals surface area (Å²) in [6.45, 7) is 0. The number of benzene rings is 7. The van der Waals surface area contributed by atoms with Crippen LogP contribution in [-0.4, -0.2) is 15.0 Å². The smallest absolute Gasteiger partial charge is 0.164 e. The molecule has 1 aromatic heterocycles. The molecule has 4 nitrogen and oxygen atoms in total. The zero-order chi connectivity index (χ0) is 34.6. The Hall–Kier alpha value is -6.61. The van der Waals surface area contributed by atoms with Crippen LogP contribution in [0.4, 0.5) is 0 Å². The molecule has 2 heterocycles.